The van der Waals surface area contributed by atoms with Crippen LogP contribution in [0.25, 0.3) is 0 Å². The van der Waals surface area contributed by atoms with Crippen LogP contribution in [-0.2, 0) is 9.59 Å². The van der Waals surface area contributed by atoms with Gasteiger partial charge in [0, 0.05) is 24.4 Å². The minimum absolute atomic E-state index is 0.0219. The first-order valence-corrected chi connectivity index (χ1v) is 6.07. The fourth-order valence-corrected chi connectivity index (χ4v) is 1.28. The van der Waals surface area contributed by atoms with Gasteiger partial charge in [0.2, 0.25) is 0 Å². The Morgan fingerprint density at radius 1 is 1.11 bits per heavy atom. The summed E-state index contributed by atoms with van der Waals surface area (Å²) in [6.07, 6.45) is 2.87. The van der Waals surface area contributed by atoms with E-state index in [1.54, 1.807) is 31.3 Å². The SMILES string of the molecule is CC.CC(=O)c1ccc(N(C)C(=O)/C=C\C=O)cc1. The number of aldehydes is 1. The maximum absolute atomic E-state index is 11.5. The van der Waals surface area contributed by atoms with Crippen molar-refractivity contribution in [2.75, 3.05) is 11.9 Å². The van der Waals surface area contributed by atoms with Crippen LogP contribution in [0.3, 0.4) is 0 Å². The van der Waals surface area contributed by atoms with Gasteiger partial charge in [-0.2, -0.15) is 0 Å². The van der Waals surface area contributed by atoms with E-state index in [-0.39, 0.29) is 11.7 Å². The molecular weight excluding hydrogens is 242 g/mol. The van der Waals surface area contributed by atoms with Gasteiger partial charge in [-0.1, -0.05) is 13.8 Å². The second-order valence-corrected chi connectivity index (χ2v) is 3.50. The lowest BCUT2D eigenvalue weighted by molar-refractivity contribution is -0.114. The third-order valence-corrected chi connectivity index (χ3v) is 2.31. The van der Waals surface area contributed by atoms with E-state index in [1.165, 1.54) is 17.9 Å². The third-order valence-electron chi connectivity index (χ3n) is 2.31. The zero-order valence-corrected chi connectivity index (χ0v) is 11.7. The molecule has 4 heteroatoms. The summed E-state index contributed by atoms with van der Waals surface area (Å²) in [5.41, 5.74) is 1.26. The van der Waals surface area contributed by atoms with Crippen LogP contribution in [0.2, 0.25) is 0 Å². The highest BCUT2D eigenvalue weighted by atomic mass is 16.2. The van der Waals surface area contributed by atoms with E-state index in [0.29, 0.717) is 17.5 Å². The number of allylic oxidation sites excluding steroid dienone is 1. The van der Waals surface area contributed by atoms with E-state index >= 15 is 0 Å². The van der Waals surface area contributed by atoms with Crippen LogP contribution < -0.4 is 4.90 Å². The maximum atomic E-state index is 11.5. The molecule has 0 saturated heterocycles. The van der Waals surface area contributed by atoms with Crippen molar-refractivity contribution in [3.05, 3.63) is 42.0 Å². The van der Waals surface area contributed by atoms with Gasteiger partial charge in [-0.05, 0) is 37.3 Å². The predicted molar refractivity (Wildman–Crippen MR) is 76.4 cm³/mol. The van der Waals surface area contributed by atoms with Crippen molar-refractivity contribution >= 4 is 23.7 Å². The van der Waals surface area contributed by atoms with Crippen LogP contribution in [0, 0.1) is 0 Å². The maximum Gasteiger partial charge on any atom is 0.250 e. The Morgan fingerprint density at radius 2 is 1.63 bits per heavy atom. The molecule has 0 spiro atoms. The number of hydrogen-bond donors (Lipinski definition) is 0. The highest BCUT2D eigenvalue weighted by Gasteiger charge is 2.07. The second-order valence-electron chi connectivity index (χ2n) is 3.50. The number of hydrogen-bond acceptors (Lipinski definition) is 3. The lowest BCUT2D eigenvalue weighted by Crippen LogP contribution is -2.23. The van der Waals surface area contributed by atoms with E-state index in [4.69, 9.17) is 0 Å². The minimum atomic E-state index is -0.298. The molecule has 0 N–H and O–H groups in total. The summed E-state index contributed by atoms with van der Waals surface area (Å²) < 4.78 is 0. The largest absolute Gasteiger partial charge is 0.312 e. The molecule has 1 aromatic carbocycles. The molecule has 0 fully saturated rings. The van der Waals surface area contributed by atoms with Crippen LogP contribution in [0.1, 0.15) is 31.1 Å². The summed E-state index contributed by atoms with van der Waals surface area (Å²) in [4.78, 5) is 34.1. The molecule has 0 aliphatic rings. The molecule has 0 heterocycles. The van der Waals surface area contributed by atoms with Crippen LogP contribution in [0.5, 0.6) is 0 Å². The number of ketones is 1. The normalized spacial score (nSPS) is 9.47. The molecule has 0 saturated carbocycles. The molecule has 0 bridgehead atoms. The Balaban J connectivity index is 0.00000154. The van der Waals surface area contributed by atoms with Gasteiger partial charge in [-0.15, -0.1) is 0 Å². The highest BCUT2D eigenvalue weighted by molar-refractivity contribution is 6.03. The highest BCUT2D eigenvalue weighted by Crippen LogP contribution is 2.14. The summed E-state index contributed by atoms with van der Waals surface area (Å²) in [7, 11) is 1.60. The molecule has 0 aliphatic heterocycles. The average Bonchev–Trinajstić information content (AvgIpc) is 2.46. The first-order chi connectivity index (χ1) is 9.06. The Labute approximate surface area is 113 Å². The quantitative estimate of drug-likeness (QED) is 0.475. The number of benzene rings is 1. The first-order valence-electron chi connectivity index (χ1n) is 6.07. The molecule has 0 aromatic heterocycles. The molecule has 1 aromatic rings. The van der Waals surface area contributed by atoms with Gasteiger partial charge < -0.3 is 4.90 Å². The molecule has 1 amide bonds. The topological polar surface area (TPSA) is 54.5 Å². The van der Waals surface area contributed by atoms with E-state index in [0.717, 1.165) is 6.08 Å². The van der Waals surface area contributed by atoms with Crippen LogP contribution in [-0.4, -0.2) is 25.0 Å². The standard InChI is InChI=1S/C13H13NO3.C2H6/c1-10(16)11-5-7-12(8-6-11)14(2)13(17)4-3-9-15;1-2/h3-9H,1-2H3;1-2H3/b4-3-;. The molecule has 102 valence electrons. The molecule has 0 unspecified atom stereocenters. The number of Topliss-reactive ketones (excluding diaryl/α,β-unsaturated/α-hetero) is 1. The monoisotopic (exact) mass is 261 g/mol. The Morgan fingerprint density at radius 3 is 2.05 bits per heavy atom. The summed E-state index contributed by atoms with van der Waals surface area (Å²) >= 11 is 0. The zero-order valence-electron chi connectivity index (χ0n) is 11.7. The van der Waals surface area contributed by atoms with Gasteiger partial charge in [0.25, 0.3) is 5.91 Å². The number of likely N-dealkylation sites (N-methyl/N-ethyl adjacent to an activating group) is 1. The van der Waals surface area contributed by atoms with E-state index < -0.39 is 0 Å². The average molecular weight is 261 g/mol. The first kappa shape index (κ1) is 16.8. The number of nitrogens with zero attached hydrogens (tertiary/aromatic N) is 1. The molecule has 1 rings (SSSR count). The van der Waals surface area contributed by atoms with Crippen molar-refractivity contribution in [1.82, 2.24) is 0 Å². The predicted octanol–water partition coefficient (Wildman–Crippen LogP) is 2.63. The summed E-state index contributed by atoms with van der Waals surface area (Å²) in [6, 6.07) is 6.68. The lowest BCUT2D eigenvalue weighted by Gasteiger charge is -2.15. The molecule has 4 nitrogen and oxygen atoms in total. The second kappa shape index (κ2) is 8.80. The van der Waals surface area contributed by atoms with E-state index in [2.05, 4.69) is 0 Å². The summed E-state index contributed by atoms with van der Waals surface area (Å²) in [5, 5.41) is 0. The van der Waals surface area contributed by atoms with Gasteiger partial charge in [-0.25, -0.2) is 0 Å². The minimum Gasteiger partial charge on any atom is -0.312 e. The number of amides is 1. The number of rotatable bonds is 4. The van der Waals surface area contributed by atoms with Crippen LogP contribution in [0.4, 0.5) is 5.69 Å². The van der Waals surface area contributed by atoms with Crippen molar-refractivity contribution in [3.63, 3.8) is 0 Å². The van der Waals surface area contributed by atoms with Gasteiger partial charge in [-0.3, -0.25) is 14.4 Å². The van der Waals surface area contributed by atoms with E-state index in [1.807, 2.05) is 13.8 Å². The fraction of sp³-hybridized carbons (Fsp3) is 0.267. The van der Waals surface area contributed by atoms with Crippen molar-refractivity contribution in [2.45, 2.75) is 20.8 Å². The van der Waals surface area contributed by atoms with Crippen molar-refractivity contribution in [3.8, 4) is 0 Å². The zero-order chi connectivity index (χ0) is 14.8. The number of anilines is 1. The molecular formula is C15H19NO3. The molecule has 0 atom stereocenters. The summed E-state index contributed by atoms with van der Waals surface area (Å²) in [6.45, 7) is 5.48. The molecule has 19 heavy (non-hydrogen) atoms. The van der Waals surface area contributed by atoms with Crippen LogP contribution in [0.15, 0.2) is 36.4 Å². The molecule has 0 aliphatic carbocycles. The number of carbonyl (C=O) groups is 3. The Kier molecular flexibility index (Phi) is 7.77. The summed E-state index contributed by atoms with van der Waals surface area (Å²) in [5.74, 6) is -0.320. The smallest absolute Gasteiger partial charge is 0.250 e. The third kappa shape index (κ3) is 5.29. The van der Waals surface area contributed by atoms with Gasteiger partial charge in [0.05, 0.1) is 0 Å². The van der Waals surface area contributed by atoms with Gasteiger partial charge >= 0.3 is 0 Å². The molecule has 0 radical (unpaired) electrons. The van der Waals surface area contributed by atoms with Gasteiger partial charge in [0.15, 0.2) is 5.78 Å². The Hall–Kier alpha value is -2.23. The van der Waals surface area contributed by atoms with Crippen molar-refractivity contribution < 1.29 is 14.4 Å². The van der Waals surface area contributed by atoms with Gasteiger partial charge in [0.1, 0.15) is 6.29 Å². The van der Waals surface area contributed by atoms with E-state index in [9.17, 15) is 14.4 Å². The Bertz CT molecular complexity index is 461. The lowest BCUT2D eigenvalue weighted by atomic mass is 10.1. The van der Waals surface area contributed by atoms with Crippen LogP contribution >= 0.6 is 0 Å². The number of carbonyl (C=O) groups excluding carboxylic acids is 3. The fourth-order valence-electron chi connectivity index (χ4n) is 1.28. The van der Waals surface area contributed by atoms with Crippen molar-refractivity contribution in [1.29, 1.82) is 0 Å². The van der Waals surface area contributed by atoms with Crippen molar-refractivity contribution in [2.24, 2.45) is 0 Å².